The lowest BCUT2D eigenvalue weighted by molar-refractivity contribution is -0.140. The van der Waals surface area contributed by atoms with Crippen LogP contribution in [0.4, 0.5) is 4.79 Å². The molecule has 3 rings (SSSR count). The number of imide groups is 1. The van der Waals surface area contributed by atoms with Crippen molar-refractivity contribution in [3.05, 3.63) is 65.7 Å². The van der Waals surface area contributed by atoms with Crippen LogP contribution in [-0.2, 0) is 21.7 Å². The van der Waals surface area contributed by atoms with Crippen molar-refractivity contribution in [2.75, 3.05) is 13.7 Å². The van der Waals surface area contributed by atoms with Crippen molar-refractivity contribution in [2.45, 2.75) is 38.9 Å². The summed E-state index contributed by atoms with van der Waals surface area (Å²) in [6.07, 6.45) is 0. The average Bonchev–Trinajstić information content (AvgIpc) is 2.96. The van der Waals surface area contributed by atoms with Gasteiger partial charge in [-0.3, -0.25) is 14.5 Å². The molecule has 0 aliphatic carbocycles. The normalized spacial score (nSPS) is 18.5. The van der Waals surface area contributed by atoms with Crippen molar-refractivity contribution in [3.63, 3.8) is 0 Å². The number of benzene rings is 2. The fraction of sp³-hybridized carbons (Fsp3) is 0.348. The molecule has 7 heteroatoms. The standard InChI is InChI=1S/C23H27N3O4/c1-16(2)25(14-17-8-6-5-7-9-17)20(27)15-26-21(28)23(3,24-22(26)29)18-10-12-19(30-4)13-11-18/h5-13,16H,14-15H2,1-4H3,(H,24,29)/t23-/m1/s1. The van der Waals surface area contributed by atoms with E-state index >= 15 is 0 Å². The number of ether oxygens (including phenoxy) is 1. The quantitative estimate of drug-likeness (QED) is 0.713. The summed E-state index contributed by atoms with van der Waals surface area (Å²) in [5.74, 6) is -0.0783. The van der Waals surface area contributed by atoms with Crippen molar-refractivity contribution in [1.29, 1.82) is 0 Å². The van der Waals surface area contributed by atoms with Crippen LogP contribution < -0.4 is 10.1 Å². The van der Waals surface area contributed by atoms with Crippen LogP contribution in [0.2, 0.25) is 0 Å². The van der Waals surface area contributed by atoms with Crippen LogP contribution >= 0.6 is 0 Å². The molecule has 1 N–H and O–H groups in total. The Morgan fingerprint density at radius 1 is 1.10 bits per heavy atom. The maximum atomic E-state index is 13.1. The maximum absolute atomic E-state index is 13.1. The molecule has 4 amide bonds. The summed E-state index contributed by atoms with van der Waals surface area (Å²) in [5, 5.41) is 2.73. The first-order valence-corrected chi connectivity index (χ1v) is 9.88. The minimum Gasteiger partial charge on any atom is -0.497 e. The van der Waals surface area contributed by atoms with E-state index in [9.17, 15) is 14.4 Å². The molecule has 0 aromatic heterocycles. The molecule has 158 valence electrons. The van der Waals surface area contributed by atoms with E-state index in [1.165, 1.54) is 0 Å². The Morgan fingerprint density at radius 2 is 1.73 bits per heavy atom. The Morgan fingerprint density at radius 3 is 2.30 bits per heavy atom. The van der Waals surface area contributed by atoms with E-state index < -0.39 is 17.5 Å². The lowest BCUT2D eigenvalue weighted by Crippen LogP contribution is -2.46. The Kier molecular flexibility index (Phi) is 6.10. The number of amides is 4. The number of hydrogen-bond acceptors (Lipinski definition) is 4. The molecular formula is C23H27N3O4. The van der Waals surface area contributed by atoms with Crippen molar-refractivity contribution in [1.82, 2.24) is 15.1 Å². The second-order valence-electron chi connectivity index (χ2n) is 7.78. The summed E-state index contributed by atoms with van der Waals surface area (Å²) in [7, 11) is 1.56. The first-order valence-electron chi connectivity index (χ1n) is 9.88. The van der Waals surface area contributed by atoms with Crippen LogP contribution in [0.3, 0.4) is 0 Å². The number of carbonyl (C=O) groups is 3. The van der Waals surface area contributed by atoms with Gasteiger partial charge in [0.15, 0.2) is 0 Å². The van der Waals surface area contributed by atoms with Gasteiger partial charge in [-0.05, 0) is 44.0 Å². The number of urea groups is 1. The van der Waals surface area contributed by atoms with E-state index in [4.69, 9.17) is 4.74 Å². The van der Waals surface area contributed by atoms with Crippen molar-refractivity contribution >= 4 is 17.8 Å². The zero-order valence-electron chi connectivity index (χ0n) is 17.7. The molecular weight excluding hydrogens is 382 g/mol. The summed E-state index contributed by atoms with van der Waals surface area (Å²) in [4.78, 5) is 41.4. The first kappa shape index (κ1) is 21.4. The average molecular weight is 409 g/mol. The summed E-state index contributed by atoms with van der Waals surface area (Å²) < 4.78 is 5.15. The van der Waals surface area contributed by atoms with Gasteiger partial charge in [-0.25, -0.2) is 4.79 Å². The summed E-state index contributed by atoms with van der Waals surface area (Å²) in [6.45, 7) is 5.57. The number of nitrogens with one attached hydrogen (secondary N) is 1. The van der Waals surface area contributed by atoms with Crippen molar-refractivity contribution in [2.24, 2.45) is 0 Å². The van der Waals surface area contributed by atoms with E-state index in [2.05, 4.69) is 5.32 Å². The molecule has 0 radical (unpaired) electrons. The third kappa shape index (κ3) is 4.15. The zero-order chi connectivity index (χ0) is 21.9. The molecule has 1 aliphatic heterocycles. The van der Waals surface area contributed by atoms with Gasteiger partial charge in [-0.15, -0.1) is 0 Å². The Bertz CT molecular complexity index is 927. The number of nitrogens with zero attached hydrogens (tertiary/aromatic N) is 2. The number of methoxy groups -OCH3 is 1. The van der Waals surface area contributed by atoms with Crippen LogP contribution in [0, 0.1) is 0 Å². The molecule has 7 nitrogen and oxygen atoms in total. The van der Waals surface area contributed by atoms with Crippen molar-refractivity contribution < 1.29 is 19.1 Å². The predicted octanol–water partition coefficient (Wildman–Crippen LogP) is 2.90. The van der Waals surface area contributed by atoms with E-state index in [-0.39, 0.29) is 18.5 Å². The molecule has 30 heavy (non-hydrogen) atoms. The third-order valence-electron chi connectivity index (χ3n) is 5.38. The van der Waals surface area contributed by atoms with E-state index in [0.717, 1.165) is 10.5 Å². The highest BCUT2D eigenvalue weighted by molar-refractivity contribution is 6.09. The van der Waals surface area contributed by atoms with Gasteiger partial charge in [-0.2, -0.15) is 0 Å². The van der Waals surface area contributed by atoms with E-state index in [1.807, 2.05) is 44.2 Å². The summed E-state index contributed by atoms with van der Waals surface area (Å²) in [5.41, 5.74) is 0.382. The molecule has 0 unspecified atom stereocenters. The van der Waals surface area contributed by atoms with Gasteiger partial charge in [0.1, 0.15) is 17.8 Å². The molecule has 1 heterocycles. The molecule has 2 aromatic carbocycles. The summed E-state index contributed by atoms with van der Waals surface area (Å²) in [6, 6.07) is 15.9. The van der Waals surface area contributed by atoms with Gasteiger partial charge >= 0.3 is 6.03 Å². The topological polar surface area (TPSA) is 79.0 Å². The highest BCUT2D eigenvalue weighted by Crippen LogP contribution is 2.30. The Hall–Kier alpha value is -3.35. The molecule has 1 fully saturated rings. The molecule has 2 aromatic rings. The Labute approximate surface area is 176 Å². The fourth-order valence-corrected chi connectivity index (χ4v) is 3.53. The fourth-order valence-electron chi connectivity index (χ4n) is 3.53. The maximum Gasteiger partial charge on any atom is 0.325 e. The van der Waals surface area contributed by atoms with Gasteiger partial charge in [0, 0.05) is 12.6 Å². The largest absolute Gasteiger partial charge is 0.497 e. The third-order valence-corrected chi connectivity index (χ3v) is 5.38. The molecule has 1 atom stereocenters. The van der Waals surface area contributed by atoms with Crippen LogP contribution in [0.25, 0.3) is 0 Å². The molecule has 0 spiro atoms. The summed E-state index contributed by atoms with van der Waals surface area (Å²) >= 11 is 0. The monoisotopic (exact) mass is 409 g/mol. The SMILES string of the molecule is COc1ccc([C@@]2(C)NC(=O)N(CC(=O)N(Cc3ccccc3)C(C)C)C2=O)cc1. The van der Waals surface area contributed by atoms with Crippen LogP contribution in [0.5, 0.6) is 5.75 Å². The number of rotatable bonds is 7. The minimum absolute atomic E-state index is 0.0774. The lowest BCUT2D eigenvalue weighted by Gasteiger charge is -2.28. The van der Waals surface area contributed by atoms with Gasteiger partial charge in [0.2, 0.25) is 5.91 Å². The second-order valence-corrected chi connectivity index (χ2v) is 7.78. The highest BCUT2D eigenvalue weighted by Gasteiger charge is 2.49. The molecule has 1 aliphatic rings. The smallest absolute Gasteiger partial charge is 0.325 e. The predicted molar refractivity (Wildman–Crippen MR) is 113 cm³/mol. The Balaban J connectivity index is 1.77. The van der Waals surface area contributed by atoms with Crippen molar-refractivity contribution in [3.8, 4) is 5.75 Å². The zero-order valence-corrected chi connectivity index (χ0v) is 17.7. The highest BCUT2D eigenvalue weighted by atomic mass is 16.5. The van der Waals surface area contributed by atoms with E-state index in [0.29, 0.717) is 17.9 Å². The van der Waals surface area contributed by atoms with Crippen LogP contribution in [0.1, 0.15) is 31.9 Å². The number of hydrogen-bond donors (Lipinski definition) is 1. The molecule has 0 bridgehead atoms. The minimum atomic E-state index is -1.23. The van der Waals surface area contributed by atoms with Gasteiger partial charge in [-0.1, -0.05) is 42.5 Å². The van der Waals surface area contributed by atoms with Crippen LogP contribution in [0.15, 0.2) is 54.6 Å². The first-order chi connectivity index (χ1) is 14.3. The van der Waals surface area contributed by atoms with E-state index in [1.54, 1.807) is 43.2 Å². The lowest BCUT2D eigenvalue weighted by atomic mass is 9.92. The van der Waals surface area contributed by atoms with Crippen LogP contribution in [-0.4, -0.2) is 47.3 Å². The molecule has 0 saturated carbocycles. The van der Waals surface area contributed by atoms with Gasteiger partial charge < -0.3 is 15.0 Å². The second kappa shape index (κ2) is 8.57. The van der Waals surface area contributed by atoms with Gasteiger partial charge in [0.25, 0.3) is 5.91 Å². The van der Waals surface area contributed by atoms with Gasteiger partial charge in [0.05, 0.1) is 7.11 Å². The molecule has 1 saturated heterocycles. The number of carbonyl (C=O) groups excluding carboxylic acids is 3.